The highest BCUT2D eigenvalue weighted by atomic mass is 32.1. The lowest BCUT2D eigenvalue weighted by Crippen LogP contribution is -2.24. The highest BCUT2D eigenvalue weighted by Gasteiger charge is 2.11. The van der Waals surface area contributed by atoms with Crippen LogP contribution in [0.3, 0.4) is 0 Å². The van der Waals surface area contributed by atoms with Crippen LogP contribution in [-0.4, -0.2) is 23.5 Å². The summed E-state index contributed by atoms with van der Waals surface area (Å²) in [5.41, 5.74) is 3.80. The number of ether oxygens (including phenoxy) is 2. The molecule has 30 heavy (non-hydrogen) atoms. The monoisotopic (exact) mass is 424 g/mol. The van der Waals surface area contributed by atoms with Crippen molar-refractivity contribution in [3.05, 3.63) is 81.3 Å². The van der Waals surface area contributed by atoms with Crippen molar-refractivity contribution in [1.29, 1.82) is 0 Å². The van der Waals surface area contributed by atoms with Gasteiger partial charge in [-0.15, -0.1) is 11.3 Å². The molecule has 0 bridgehead atoms. The second kappa shape index (κ2) is 10.5. The Hall–Kier alpha value is -3.19. The van der Waals surface area contributed by atoms with Gasteiger partial charge in [0, 0.05) is 11.9 Å². The zero-order valence-electron chi connectivity index (χ0n) is 17.0. The minimum atomic E-state index is -0.468. The van der Waals surface area contributed by atoms with Crippen molar-refractivity contribution < 1.29 is 19.1 Å². The smallest absolute Gasteiger partial charge is 0.344 e. The first-order chi connectivity index (χ1) is 14.5. The van der Waals surface area contributed by atoms with Crippen LogP contribution in [0, 0.1) is 13.8 Å². The highest BCUT2D eigenvalue weighted by molar-refractivity contribution is 7.09. The van der Waals surface area contributed by atoms with Crippen molar-refractivity contribution in [2.45, 2.75) is 33.4 Å². The number of nitrogens with one attached hydrogen (secondary N) is 1. The molecule has 7 heteroatoms. The third kappa shape index (κ3) is 7.00. The summed E-state index contributed by atoms with van der Waals surface area (Å²) in [5, 5.41) is 5.34. The second-order valence-corrected chi connectivity index (χ2v) is 7.89. The first-order valence-electron chi connectivity index (χ1n) is 9.58. The molecule has 0 aliphatic carbocycles. The van der Waals surface area contributed by atoms with E-state index in [0.29, 0.717) is 23.0 Å². The minimum Gasteiger partial charge on any atom is -0.482 e. The number of esters is 1. The summed E-state index contributed by atoms with van der Waals surface area (Å²) in [6, 6.07) is 15.5. The molecule has 0 unspecified atom stereocenters. The van der Waals surface area contributed by atoms with Gasteiger partial charge in [-0.25, -0.2) is 9.78 Å². The summed E-state index contributed by atoms with van der Waals surface area (Å²) in [6.07, 6.45) is 0.196. The number of carbonyl (C=O) groups is 2. The fraction of sp³-hybridized carbons (Fsp3) is 0.261. The van der Waals surface area contributed by atoms with E-state index in [4.69, 9.17) is 9.47 Å². The Kier molecular flexibility index (Phi) is 7.57. The Labute approximate surface area is 179 Å². The molecule has 1 aromatic heterocycles. The van der Waals surface area contributed by atoms with Gasteiger partial charge in [0.05, 0.1) is 12.1 Å². The van der Waals surface area contributed by atoms with E-state index in [1.807, 2.05) is 62.4 Å². The number of rotatable bonds is 9. The molecular weight excluding hydrogens is 400 g/mol. The number of carbonyl (C=O) groups excluding carboxylic acids is 2. The normalized spacial score (nSPS) is 10.5. The quantitative estimate of drug-likeness (QED) is 0.530. The molecule has 156 valence electrons. The Morgan fingerprint density at radius 2 is 1.80 bits per heavy atom. The predicted octanol–water partition coefficient (Wildman–Crippen LogP) is 3.74. The highest BCUT2D eigenvalue weighted by Crippen LogP contribution is 2.16. The van der Waals surface area contributed by atoms with Gasteiger partial charge >= 0.3 is 5.97 Å². The van der Waals surface area contributed by atoms with Crippen LogP contribution in [0.25, 0.3) is 0 Å². The molecule has 0 spiro atoms. The Morgan fingerprint density at radius 1 is 1.07 bits per heavy atom. The van der Waals surface area contributed by atoms with Gasteiger partial charge in [0.2, 0.25) is 5.91 Å². The number of nitrogens with zero attached hydrogens (tertiary/aromatic N) is 1. The fourth-order valence-electron chi connectivity index (χ4n) is 2.85. The second-order valence-electron chi connectivity index (χ2n) is 6.94. The van der Waals surface area contributed by atoms with Crippen LogP contribution >= 0.6 is 11.3 Å². The largest absolute Gasteiger partial charge is 0.482 e. The molecule has 2 aromatic carbocycles. The summed E-state index contributed by atoms with van der Waals surface area (Å²) in [4.78, 5) is 28.4. The minimum absolute atomic E-state index is 0.0528. The van der Waals surface area contributed by atoms with E-state index in [2.05, 4.69) is 10.3 Å². The van der Waals surface area contributed by atoms with Gasteiger partial charge in [-0.05, 0) is 42.7 Å². The van der Waals surface area contributed by atoms with E-state index in [9.17, 15) is 9.59 Å². The first kappa shape index (κ1) is 21.5. The number of hydrogen-bond acceptors (Lipinski definition) is 6. The first-order valence-corrected chi connectivity index (χ1v) is 10.5. The van der Waals surface area contributed by atoms with Crippen molar-refractivity contribution in [2.75, 3.05) is 6.61 Å². The van der Waals surface area contributed by atoms with Gasteiger partial charge in [-0.1, -0.05) is 36.4 Å². The van der Waals surface area contributed by atoms with Gasteiger partial charge in [-0.2, -0.15) is 0 Å². The molecule has 1 N–H and O–H groups in total. The molecule has 1 amide bonds. The predicted molar refractivity (Wildman–Crippen MR) is 115 cm³/mol. The van der Waals surface area contributed by atoms with Crippen LogP contribution in [0.2, 0.25) is 0 Å². The molecule has 0 atom stereocenters. The third-order valence-electron chi connectivity index (χ3n) is 4.18. The number of thiazole rings is 1. The maximum atomic E-state index is 12.1. The lowest BCUT2D eigenvalue weighted by Gasteiger charge is -2.08. The molecule has 3 rings (SSSR count). The topological polar surface area (TPSA) is 77.5 Å². The molecule has 0 aliphatic heterocycles. The van der Waals surface area contributed by atoms with Crippen LogP contribution < -0.4 is 10.1 Å². The lowest BCUT2D eigenvalue weighted by molar-refractivity contribution is -0.147. The molecule has 6 nitrogen and oxygen atoms in total. The summed E-state index contributed by atoms with van der Waals surface area (Å²) in [7, 11) is 0. The average Bonchev–Trinajstić information content (AvgIpc) is 3.16. The van der Waals surface area contributed by atoms with E-state index in [0.717, 1.165) is 16.7 Å². The number of aryl methyl sites for hydroxylation is 2. The maximum absolute atomic E-state index is 12.1. The van der Waals surface area contributed by atoms with Gasteiger partial charge in [0.25, 0.3) is 0 Å². The van der Waals surface area contributed by atoms with Crippen LogP contribution in [0.1, 0.15) is 27.4 Å². The van der Waals surface area contributed by atoms with E-state index >= 15 is 0 Å². The van der Waals surface area contributed by atoms with Crippen molar-refractivity contribution in [2.24, 2.45) is 0 Å². The zero-order chi connectivity index (χ0) is 21.3. The van der Waals surface area contributed by atoms with E-state index < -0.39 is 5.97 Å². The SMILES string of the molecule is Cc1cc(C)cc(OCC(=O)OCc2csc(CC(=O)NCc3ccccc3)n2)c1. The Bertz CT molecular complexity index is 981. The van der Waals surface area contributed by atoms with Gasteiger partial charge in [0.15, 0.2) is 6.61 Å². The zero-order valence-corrected chi connectivity index (χ0v) is 17.8. The third-order valence-corrected chi connectivity index (χ3v) is 5.07. The van der Waals surface area contributed by atoms with Crippen molar-refractivity contribution in [3.8, 4) is 5.75 Å². The summed E-state index contributed by atoms with van der Waals surface area (Å²) in [5.74, 6) is 0.0739. The van der Waals surface area contributed by atoms with Gasteiger partial charge < -0.3 is 14.8 Å². The number of benzene rings is 2. The van der Waals surface area contributed by atoms with Crippen molar-refractivity contribution in [3.63, 3.8) is 0 Å². The summed E-state index contributed by atoms with van der Waals surface area (Å²) < 4.78 is 10.7. The molecule has 0 fully saturated rings. The number of amides is 1. The molecule has 0 saturated carbocycles. The van der Waals surface area contributed by atoms with E-state index in [1.165, 1.54) is 11.3 Å². The van der Waals surface area contributed by atoms with Crippen LogP contribution in [0.4, 0.5) is 0 Å². The Balaban J connectivity index is 1.39. The Morgan fingerprint density at radius 3 is 2.53 bits per heavy atom. The molecule has 0 saturated heterocycles. The van der Waals surface area contributed by atoms with Crippen LogP contribution in [0.5, 0.6) is 5.75 Å². The summed E-state index contributed by atoms with van der Waals surface area (Å²) >= 11 is 1.37. The fourth-order valence-corrected chi connectivity index (χ4v) is 3.62. The molecular formula is C23H24N2O4S. The average molecular weight is 425 g/mol. The molecule has 1 heterocycles. The maximum Gasteiger partial charge on any atom is 0.344 e. The van der Waals surface area contributed by atoms with Gasteiger partial charge in [0.1, 0.15) is 17.4 Å². The summed E-state index contributed by atoms with van der Waals surface area (Å²) in [6.45, 7) is 4.31. The van der Waals surface area contributed by atoms with E-state index in [-0.39, 0.29) is 25.5 Å². The lowest BCUT2D eigenvalue weighted by atomic mass is 10.1. The van der Waals surface area contributed by atoms with Crippen LogP contribution in [0.15, 0.2) is 53.9 Å². The molecule has 0 radical (unpaired) electrons. The number of hydrogen-bond donors (Lipinski definition) is 1. The van der Waals surface area contributed by atoms with Crippen LogP contribution in [-0.2, 0) is 33.9 Å². The number of aromatic nitrogens is 1. The standard InChI is InChI=1S/C23H24N2O4S/c1-16-8-17(2)10-20(9-16)28-14-23(27)29-13-19-15-30-22(25-19)11-21(26)24-12-18-6-4-3-5-7-18/h3-10,15H,11-14H2,1-2H3,(H,24,26). The molecule has 0 aliphatic rings. The van der Waals surface area contributed by atoms with Crippen molar-refractivity contribution in [1.82, 2.24) is 10.3 Å². The molecule has 3 aromatic rings. The van der Waals surface area contributed by atoms with Gasteiger partial charge in [-0.3, -0.25) is 4.79 Å². The van der Waals surface area contributed by atoms with Crippen molar-refractivity contribution >= 4 is 23.2 Å². The van der Waals surface area contributed by atoms with E-state index in [1.54, 1.807) is 5.38 Å².